The summed E-state index contributed by atoms with van der Waals surface area (Å²) in [6.07, 6.45) is 0.140. The molecule has 6 heteroatoms. The Morgan fingerprint density at radius 2 is 1.09 bits per heavy atom. The smallest absolute Gasteiger partial charge is 0.223 e. The molecule has 2 heterocycles. The average molecular weight is 437 g/mol. The number of nitrogens with zero attached hydrogens (tertiary/aromatic N) is 2. The lowest BCUT2D eigenvalue weighted by Gasteiger charge is -2.41. The molecule has 32 heavy (non-hydrogen) atoms. The van der Waals surface area contributed by atoms with Crippen LogP contribution in [0.3, 0.4) is 0 Å². The summed E-state index contributed by atoms with van der Waals surface area (Å²) in [4.78, 5) is 29.8. The Kier molecular flexibility index (Phi) is 7.22. The van der Waals surface area contributed by atoms with Crippen molar-refractivity contribution in [2.24, 2.45) is 0 Å². The van der Waals surface area contributed by atoms with Crippen molar-refractivity contribution in [3.63, 3.8) is 0 Å². The predicted molar refractivity (Wildman–Crippen MR) is 122 cm³/mol. The quantitative estimate of drug-likeness (QED) is 0.716. The van der Waals surface area contributed by atoms with Crippen LogP contribution in [-0.2, 0) is 19.1 Å². The highest BCUT2D eigenvalue weighted by atomic mass is 16.5. The van der Waals surface area contributed by atoms with Gasteiger partial charge in [0.25, 0.3) is 0 Å². The third-order valence-corrected chi connectivity index (χ3v) is 6.57. The molecule has 2 aliphatic heterocycles. The zero-order valence-corrected chi connectivity index (χ0v) is 18.9. The third-order valence-electron chi connectivity index (χ3n) is 6.57. The van der Waals surface area contributed by atoms with Crippen LogP contribution in [0.5, 0.6) is 0 Å². The lowest BCUT2D eigenvalue weighted by atomic mass is 9.99. The summed E-state index contributed by atoms with van der Waals surface area (Å²) in [5.41, 5.74) is 2.14. The number of hydrogen-bond donors (Lipinski definition) is 0. The van der Waals surface area contributed by atoms with Gasteiger partial charge >= 0.3 is 0 Å². The highest BCUT2D eigenvalue weighted by Gasteiger charge is 2.35. The minimum atomic E-state index is -0.143. The number of amides is 2. The van der Waals surface area contributed by atoms with Gasteiger partial charge in [0.15, 0.2) is 0 Å². The van der Waals surface area contributed by atoms with Crippen LogP contribution in [0.25, 0.3) is 0 Å². The van der Waals surface area contributed by atoms with Gasteiger partial charge in [-0.05, 0) is 25.0 Å². The predicted octanol–water partition coefficient (Wildman–Crippen LogP) is 3.74. The SMILES string of the molecule is C[C@@H]1[C@H](c2ccccc2)OCCN1C(=O)CCC(=O)N1CCO[C@@H](c2ccccc2)[C@H]1C. The van der Waals surface area contributed by atoms with Crippen molar-refractivity contribution in [1.82, 2.24) is 9.80 Å². The van der Waals surface area contributed by atoms with Crippen LogP contribution in [0.4, 0.5) is 0 Å². The Hall–Kier alpha value is -2.70. The monoisotopic (exact) mass is 436 g/mol. The Balaban J connectivity index is 1.34. The molecule has 2 aromatic carbocycles. The van der Waals surface area contributed by atoms with Gasteiger partial charge < -0.3 is 19.3 Å². The summed E-state index contributed by atoms with van der Waals surface area (Å²) in [6, 6.07) is 19.9. The fraction of sp³-hybridized carbons (Fsp3) is 0.462. The van der Waals surface area contributed by atoms with Crippen molar-refractivity contribution < 1.29 is 19.1 Å². The number of hydrogen-bond acceptors (Lipinski definition) is 4. The first kappa shape index (κ1) is 22.5. The Morgan fingerprint density at radius 1 is 0.719 bits per heavy atom. The zero-order valence-electron chi connectivity index (χ0n) is 18.9. The lowest BCUT2D eigenvalue weighted by molar-refractivity contribution is -0.151. The largest absolute Gasteiger partial charge is 0.370 e. The molecule has 2 amide bonds. The van der Waals surface area contributed by atoms with Crippen LogP contribution in [0.1, 0.15) is 50.0 Å². The van der Waals surface area contributed by atoms with Crippen molar-refractivity contribution >= 4 is 11.8 Å². The number of morpholine rings is 2. The van der Waals surface area contributed by atoms with Gasteiger partial charge in [-0.25, -0.2) is 0 Å². The number of carbonyl (C=O) groups excluding carboxylic acids is 2. The van der Waals surface area contributed by atoms with Gasteiger partial charge in [-0.15, -0.1) is 0 Å². The summed E-state index contributed by atoms with van der Waals surface area (Å²) in [6.45, 7) is 6.16. The fourth-order valence-corrected chi connectivity index (χ4v) is 4.81. The third kappa shape index (κ3) is 4.87. The highest BCUT2D eigenvalue weighted by Crippen LogP contribution is 2.30. The fourth-order valence-electron chi connectivity index (χ4n) is 4.81. The van der Waals surface area contributed by atoms with Gasteiger partial charge in [0.1, 0.15) is 12.2 Å². The first-order chi connectivity index (χ1) is 15.6. The maximum absolute atomic E-state index is 13.0. The molecule has 2 fully saturated rings. The molecule has 2 aliphatic rings. The average Bonchev–Trinajstić information content (AvgIpc) is 2.83. The molecule has 4 atom stereocenters. The van der Waals surface area contributed by atoms with Crippen LogP contribution in [0.2, 0.25) is 0 Å². The van der Waals surface area contributed by atoms with Crippen molar-refractivity contribution in [2.45, 2.75) is 51.0 Å². The van der Waals surface area contributed by atoms with Crippen molar-refractivity contribution in [3.8, 4) is 0 Å². The van der Waals surface area contributed by atoms with Crippen molar-refractivity contribution in [1.29, 1.82) is 0 Å². The second kappa shape index (κ2) is 10.3. The summed E-state index contributed by atoms with van der Waals surface area (Å²) in [7, 11) is 0. The maximum atomic E-state index is 13.0. The van der Waals surface area contributed by atoms with E-state index in [4.69, 9.17) is 9.47 Å². The highest BCUT2D eigenvalue weighted by molar-refractivity contribution is 5.84. The molecule has 0 aromatic heterocycles. The van der Waals surface area contributed by atoms with E-state index in [-0.39, 0.29) is 48.9 Å². The molecule has 0 bridgehead atoms. The van der Waals surface area contributed by atoms with E-state index >= 15 is 0 Å². The summed E-state index contributed by atoms with van der Waals surface area (Å²) in [5, 5.41) is 0. The Bertz CT molecular complexity index is 829. The number of rotatable bonds is 5. The molecule has 0 unspecified atom stereocenters. The molecule has 6 nitrogen and oxygen atoms in total. The normalized spacial score (nSPS) is 26.1. The standard InChI is InChI=1S/C26H32N2O4/c1-19-25(21-9-5-3-6-10-21)31-17-15-27(19)23(29)13-14-24(30)28-16-18-32-26(20(28)2)22-11-7-4-8-12-22/h3-12,19-20,25-26H,13-18H2,1-2H3/t19-,20-,25-,26-/m1/s1. The van der Waals surface area contributed by atoms with E-state index < -0.39 is 0 Å². The van der Waals surface area contributed by atoms with Crippen molar-refractivity contribution in [2.75, 3.05) is 26.3 Å². The molecule has 0 N–H and O–H groups in total. The molecule has 0 spiro atoms. The van der Waals surface area contributed by atoms with Gasteiger partial charge in [0.2, 0.25) is 11.8 Å². The van der Waals surface area contributed by atoms with Gasteiger partial charge in [-0.2, -0.15) is 0 Å². The van der Waals surface area contributed by atoms with Gasteiger partial charge in [0.05, 0.1) is 25.3 Å². The molecule has 0 radical (unpaired) electrons. The second-order valence-electron chi connectivity index (χ2n) is 8.56. The van der Waals surface area contributed by atoms with Crippen LogP contribution in [0, 0.1) is 0 Å². The number of ether oxygens (including phenoxy) is 2. The molecule has 170 valence electrons. The van der Waals surface area contributed by atoms with Gasteiger partial charge in [-0.1, -0.05) is 60.7 Å². The minimum Gasteiger partial charge on any atom is -0.370 e. The van der Waals surface area contributed by atoms with Gasteiger partial charge in [-0.3, -0.25) is 9.59 Å². The van der Waals surface area contributed by atoms with E-state index in [0.29, 0.717) is 26.3 Å². The molecule has 2 aromatic rings. The van der Waals surface area contributed by atoms with Crippen LogP contribution < -0.4 is 0 Å². The first-order valence-corrected chi connectivity index (χ1v) is 11.5. The number of benzene rings is 2. The second-order valence-corrected chi connectivity index (χ2v) is 8.56. The van der Waals surface area contributed by atoms with Crippen molar-refractivity contribution in [3.05, 3.63) is 71.8 Å². The Morgan fingerprint density at radius 3 is 1.47 bits per heavy atom. The molecule has 2 saturated heterocycles. The van der Waals surface area contributed by atoms with E-state index in [1.54, 1.807) is 0 Å². The van der Waals surface area contributed by atoms with E-state index in [2.05, 4.69) is 0 Å². The van der Waals surface area contributed by atoms with E-state index in [0.717, 1.165) is 11.1 Å². The summed E-state index contributed by atoms with van der Waals surface area (Å²) >= 11 is 0. The lowest BCUT2D eigenvalue weighted by Crippen LogP contribution is -2.50. The van der Waals surface area contributed by atoms with E-state index in [1.807, 2.05) is 84.3 Å². The molecule has 4 rings (SSSR count). The Labute approximate surface area is 190 Å². The molecule has 0 aliphatic carbocycles. The molecular formula is C26H32N2O4. The first-order valence-electron chi connectivity index (χ1n) is 11.5. The molecular weight excluding hydrogens is 404 g/mol. The number of carbonyl (C=O) groups is 2. The van der Waals surface area contributed by atoms with Gasteiger partial charge in [0, 0.05) is 25.9 Å². The minimum absolute atomic E-state index is 0.00982. The van der Waals surface area contributed by atoms with Crippen LogP contribution in [0.15, 0.2) is 60.7 Å². The molecule has 0 saturated carbocycles. The maximum Gasteiger partial charge on any atom is 0.223 e. The van der Waals surface area contributed by atoms with Crippen LogP contribution in [-0.4, -0.2) is 60.0 Å². The zero-order chi connectivity index (χ0) is 22.5. The topological polar surface area (TPSA) is 59.1 Å². The summed E-state index contributed by atoms with van der Waals surface area (Å²) < 4.78 is 11.9. The summed E-state index contributed by atoms with van der Waals surface area (Å²) in [5.74, 6) is 0.0196. The van der Waals surface area contributed by atoms with E-state index in [9.17, 15) is 9.59 Å². The van der Waals surface area contributed by atoms with E-state index in [1.165, 1.54) is 0 Å². The van der Waals surface area contributed by atoms with Crippen LogP contribution >= 0.6 is 0 Å².